The van der Waals surface area contributed by atoms with Gasteiger partial charge in [-0.3, -0.25) is 0 Å². The van der Waals surface area contributed by atoms with Gasteiger partial charge in [-0.05, 0) is 48.2 Å². The van der Waals surface area contributed by atoms with E-state index >= 15 is 0 Å². The molecule has 1 saturated heterocycles. The van der Waals surface area contributed by atoms with Crippen molar-refractivity contribution >= 4 is 38.8 Å². The maximum absolute atomic E-state index is 11.4. The van der Waals surface area contributed by atoms with Crippen molar-refractivity contribution in [2.45, 2.75) is 25.6 Å². The number of anilines is 2. The summed E-state index contributed by atoms with van der Waals surface area (Å²) in [5.41, 5.74) is 9.65. The minimum Gasteiger partial charge on any atom is -0.368 e. The van der Waals surface area contributed by atoms with Crippen LogP contribution in [-0.2, 0) is 0 Å². The fourth-order valence-electron chi connectivity index (χ4n) is 3.30. The predicted molar refractivity (Wildman–Crippen MR) is 112 cm³/mol. The summed E-state index contributed by atoms with van der Waals surface area (Å²) in [7, 11) is 1.60. The van der Waals surface area contributed by atoms with Crippen LogP contribution in [0.3, 0.4) is 0 Å². The van der Waals surface area contributed by atoms with Gasteiger partial charge in [-0.15, -0.1) is 11.3 Å². The van der Waals surface area contributed by atoms with E-state index in [1.165, 1.54) is 15.0 Å². The molecule has 140 valence electrons. The molecule has 2 unspecified atom stereocenters. The first-order chi connectivity index (χ1) is 13.1. The van der Waals surface area contributed by atoms with E-state index in [2.05, 4.69) is 57.1 Å². The Morgan fingerprint density at radius 1 is 1.15 bits per heavy atom. The molecule has 2 amide bonds. The Morgan fingerprint density at radius 3 is 2.78 bits per heavy atom. The van der Waals surface area contributed by atoms with Crippen molar-refractivity contribution in [3.8, 4) is 0 Å². The number of benzene rings is 2. The summed E-state index contributed by atoms with van der Waals surface area (Å²) in [5.74, 6) is 0. The fraction of sp³-hybridized carbons (Fsp3) is 0.250. The molecule has 1 aliphatic heterocycles. The van der Waals surface area contributed by atoms with Crippen molar-refractivity contribution in [2.75, 3.05) is 17.7 Å². The molecule has 4 rings (SSSR count). The molecular weight excluding hydrogens is 358 g/mol. The molecule has 0 bridgehead atoms. The van der Waals surface area contributed by atoms with Gasteiger partial charge in [-0.1, -0.05) is 18.2 Å². The highest BCUT2D eigenvalue weighted by atomic mass is 32.1. The molecule has 0 aliphatic carbocycles. The molecule has 1 fully saturated rings. The Balaban J connectivity index is 1.41. The van der Waals surface area contributed by atoms with Crippen LogP contribution >= 0.6 is 11.3 Å². The first kappa shape index (κ1) is 17.8. The van der Waals surface area contributed by atoms with Crippen LogP contribution in [-0.4, -0.2) is 19.2 Å². The van der Waals surface area contributed by atoms with Crippen LogP contribution in [0, 0.1) is 6.92 Å². The van der Waals surface area contributed by atoms with Crippen LogP contribution in [0.1, 0.15) is 22.9 Å². The highest BCUT2D eigenvalue weighted by Gasteiger charge is 2.26. The quantitative estimate of drug-likeness (QED) is 0.474. The summed E-state index contributed by atoms with van der Waals surface area (Å²) in [4.78, 5) is 12.8. The van der Waals surface area contributed by atoms with E-state index in [0.29, 0.717) is 0 Å². The maximum Gasteiger partial charge on any atom is 0.318 e. The number of hydrazine groups is 1. The number of aryl methyl sites for hydroxylation is 1. The van der Waals surface area contributed by atoms with E-state index in [1.807, 2.05) is 36.5 Å². The third-order valence-corrected chi connectivity index (χ3v) is 5.96. The number of carbonyl (C=O) groups is 1. The highest BCUT2D eigenvalue weighted by molar-refractivity contribution is 7.19. The summed E-state index contributed by atoms with van der Waals surface area (Å²) in [6.07, 6.45) is 1.08. The van der Waals surface area contributed by atoms with Crippen LogP contribution in [0.2, 0.25) is 0 Å². The second-order valence-electron chi connectivity index (χ2n) is 6.69. The lowest BCUT2D eigenvalue weighted by Crippen LogP contribution is -2.36. The van der Waals surface area contributed by atoms with E-state index in [9.17, 15) is 4.79 Å². The van der Waals surface area contributed by atoms with Crippen molar-refractivity contribution in [3.63, 3.8) is 0 Å². The lowest BCUT2D eigenvalue weighted by atomic mass is 10.1. The maximum atomic E-state index is 11.4. The number of fused-ring (bicyclic) bond motifs is 1. The molecule has 2 atom stereocenters. The number of amides is 2. The molecule has 6 nitrogen and oxygen atoms in total. The summed E-state index contributed by atoms with van der Waals surface area (Å²) < 4.78 is 1.32. The molecule has 0 radical (unpaired) electrons. The zero-order chi connectivity index (χ0) is 18.8. The number of hydrogen-bond acceptors (Lipinski definition) is 5. The molecule has 2 aromatic carbocycles. The minimum atomic E-state index is -0.219. The van der Waals surface area contributed by atoms with Gasteiger partial charge in [0, 0.05) is 34.4 Å². The standard InChI is InChI=1S/C20H23N5OS/c1-12-9-14(22-20(26)21-2)7-8-15(12)23-19-11-16(24-25-19)18-10-13-5-3-4-6-17(13)27-18/h3-10,16,19,23-25H,11H2,1-2H3,(H2,21,22,26). The van der Waals surface area contributed by atoms with Crippen LogP contribution in [0.5, 0.6) is 0 Å². The Morgan fingerprint density at radius 2 is 2.00 bits per heavy atom. The molecule has 27 heavy (non-hydrogen) atoms. The summed E-state index contributed by atoms with van der Waals surface area (Å²) in [6.45, 7) is 2.03. The summed E-state index contributed by atoms with van der Waals surface area (Å²) in [5, 5.41) is 10.2. The van der Waals surface area contributed by atoms with E-state index in [-0.39, 0.29) is 18.2 Å². The number of urea groups is 1. The lowest BCUT2D eigenvalue weighted by molar-refractivity contribution is 0.254. The van der Waals surface area contributed by atoms with Crippen molar-refractivity contribution in [1.29, 1.82) is 0 Å². The van der Waals surface area contributed by atoms with E-state index in [0.717, 1.165) is 23.4 Å². The number of nitrogens with one attached hydrogen (secondary N) is 5. The van der Waals surface area contributed by atoms with E-state index < -0.39 is 0 Å². The SMILES string of the molecule is CNC(=O)Nc1ccc(NC2CC(c3cc4ccccc4s3)NN2)c(C)c1. The van der Waals surface area contributed by atoms with Crippen molar-refractivity contribution < 1.29 is 4.79 Å². The lowest BCUT2D eigenvalue weighted by Gasteiger charge is -2.16. The number of rotatable bonds is 4. The Labute approximate surface area is 162 Å². The second-order valence-corrected chi connectivity index (χ2v) is 7.81. The van der Waals surface area contributed by atoms with Crippen LogP contribution in [0.25, 0.3) is 10.1 Å². The summed E-state index contributed by atoms with van der Waals surface area (Å²) >= 11 is 1.84. The molecule has 2 heterocycles. The molecule has 1 aliphatic rings. The monoisotopic (exact) mass is 381 g/mol. The predicted octanol–water partition coefficient (Wildman–Crippen LogP) is 3.94. The van der Waals surface area contributed by atoms with Gasteiger partial charge in [-0.25, -0.2) is 15.6 Å². The molecule has 3 aromatic rings. The third kappa shape index (κ3) is 3.90. The van der Waals surface area contributed by atoms with Gasteiger partial charge in [0.1, 0.15) is 0 Å². The zero-order valence-electron chi connectivity index (χ0n) is 15.3. The smallest absolute Gasteiger partial charge is 0.318 e. The third-order valence-electron chi connectivity index (χ3n) is 4.73. The first-order valence-corrected chi connectivity index (χ1v) is 9.79. The van der Waals surface area contributed by atoms with Gasteiger partial charge in [0.25, 0.3) is 0 Å². The van der Waals surface area contributed by atoms with Crippen molar-refractivity contribution in [1.82, 2.24) is 16.2 Å². The van der Waals surface area contributed by atoms with Gasteiger partial charge in [0.15, 0.2) is 0 Å². The molecule has 1 aromatic heterocycles. The van der Waals surface area contributed by atoms with Crippen molar-refractivity contribution in [2.24, 2.45) is 0 Å². The van der Waals surface area contributed by atoms with Gasteiger partial charge in [0.05, 0.1) is 12.2 Å². The minimum absolute atomic E-state index is 0.136. The normalized spacial score (nSPS) is 19.2. The molecule has 7 heteroatoms. The topological polar surface area (TPSA) is 77.2 Å². The number of carbonyl (C=O) groups excluding carboxylic acids is 1. The highest BCUT2D eigenvalue weighted by Crippen LogP contribution is 2.33. The van der Waals surface area contributed by atoms with Crippen LogP contribution in [0.15, 0.2) is 48.5 Å². The number of thiophene rings is 1. The average Bonchev–Trinajstić information content (AvgIpc) is 3.30. The molecule has 0 spiro atoms. The van der Waals surface area contributed by atoms with Gasteiger partial charge >= 0.3 is 6.03 Å². The molecular formula is C20H23N5OS. The summed E-state index contributed by atoms with van der Waals surface area (Å²) in [6, 6.07) is 16.7. The average molecular weight is 382 g/mol. The van der Waals surface area contributed by atoms with Gasteiger partial charge in [0.2, 0.25) is 0 Å². The molecule has 0 saturated carbocycles. The Hall–Kier alpha value is -2.61. The fourth-order valence-corrected chi connectivity index (χ4v) is 4.42. The van der Waals surface area contributed by atoms with E-state index in [1.54, 1.807) is 7.05 Å². The van der Waals surface area contributed by atoms with Crippen LogP contribution in [0.4, 0.5) is 16.2 Å². The van der Waals surface area contributed by atoms with Crippen molar-refractivity contribution in [3.05, 3.63) is 59.0 Å². The Bertz CT molecular complexity index is 937. The van der Waals surface area contributed by atoms with Gasteiger partial charge in [-0.2, -0.15) is 0 Å². The molecule has 5 N–H and O–H groups in total. The Kier molecular flexibility index (Phi) is 4.98. The largest absolute Gasteiger partial charge is 0.368 e. The zero-order valence-corrected chi connectivity index (χ0v) is 16.1. The van der Waals surface area contributed by atoms with E-state index in [4.69, 9.17) is 0 Å². The first-order valence-electron chi connectivity index (χ1n) is 8.98. The van der Waals surface area contributed by atoms with Gasteiger partial charge < -0.3 is 16.0 Å². The van der Waals surface area contributed by atoms with Crippen LogP contribution < -0.4 is 26.8 Å². The second kappa shape index (κ2) is 7.56. The number of hydrogen-bond donors (Lipinski definition) is 5.